The van der Waals surface area contributed by atoms with Crippen LogP contribution in [-0.2, 0) is 0 Å². The molecule has 1 aliphatic carbocycles. The number of benzene rings is 1. The first-order valence-corrected chi connectivity index (χ1v) is 5.34. The van der Waals surface area contributed by atoms with E-state index in [9.17, 15) is 4.39 Å². The van der Waals surface area contributed by atoms with Crippen molar-refractivity contribution >= 4 is 11.4 Å². The Labute approximate surface area is 89.9 Å². The molecule has 2 atom stereocenters. The van der Waals surface area contributed by atoms with Crippen LogP contribution in [0.3, 0.4) is 0 Å². The van der Waals surface area contributed by atoms with Crippen LogP contribution in [0.5, 0.6) is 0 Å². The first-order valence-electron chi connectivity index (χ1n) is 5.34. The zero-order valence-corrected chi connectivity index (χ0v) is 9.20. The van der Waals surface area contributed by atoms with Crippen LogP contribution in [0.1, 0.15) is 13.3 Å². The molecule has 2 N–H and O–H groups in total. The average Bonchev–Trinajstić information content (AvgIpc) is 2.86. The van der Waals surface area contributed by atoms with Gasteiger partial charge in [-0.15, -0.1) is 0 Å². The van der Waals surface area contributed by atoms with Crippen molar-refractivity contribution in [3.63, 3.8) is 0 Å². The van der Waals surface area contributed by atoms with E-state index in [0.29, 0.717) is 0 Å². The summed E-state index contributed by atoms with van der Waals surface area (Å²) < 4.78 is 13.2. The van der Waals surface area contributed by atoms with E-state index in [2.05, 4.69) is 6.92 Å². The molecule has 1 aromatic carbocycles. The van der Waals surface area contributed by atoms with Crippen molar-refractivity contribution < 1.29 is 4.39 Å². The summed E-state index contributed by atoms with van der Waals surface area (Å²) in [7, 11) is 1.97. The zero-order valence-electron chi connectivity index (χ0n) is 9.20. The fourth-order valence-corrected chi connectivity index (χ4v) is 1.96. The molecular weight excluding hydrogens is 191 g/mol. The van der Waals surface area contributed by atoms with Crippen LogP contribution in [0.25, 0.3) is 0 Å². The highest BCUT2D eigenvalue weighted by Gasteiger charge is 2.33. The fraction of sp³-hybridized carbons (Fsp3) is 0.500. The van der Waals surface area contributed by atoms with E-state index in [1.54, 1.807) is 6.07 Å². The molecule has 0 spiro atoms. The molecule has 1 aromatic rings. The average molecular weight is 208 g/mol. The van der Waals surface area contributed by atoms with Crippen LogP contribution in [0.2, 0.25) is 0 Å². The van der Waals surface area contributed by atoms with E-state index in [1.807, 2.05) is 18.0 Å². The van der Waals surface area contributed by atoms with Gasteiger partial charge in [-0.05, 0) is 30.4 Å². The third-order valence-corrected chi connectivity index (χ3v) is 3.23. The number of para-hydroxylation sites is 1. The van der Waals surface area contributed by atoms with Gasteiger partial charge in [0.15, 0.2) is 0 Å². The molecule has 2 nitrogen and oxygen atoms in total. The molecule has 0 bridgehead atoms. The first-order chi connectivity index (χ1) is 7.09. The number of nitrogens with zero attached hydrogens (tertiary/aromatic N) is 1. The van der Waals surface area contributed by atoms with Crippen LogP contribution in [0.15, 0.2) is 18.2 Å². The summed E-state index contributed by atoms with van der Waals surface area (Å²) in [6.07, 6.45) is 1.28. The summed E-state index contributed by atoms with van der Waals surface area (Å²) in [4.78, 5) is 2.05. The maximum atomic E-state index is 13.2. The minimum atomic E-state index is -0.330. The van der Waals surface area contributed by atoms with E-state index in [0.717, 1.165) is 24.1 Å². The molecule has 0 aliphatic heterocycles. The number of anilines is 2. The van der Waals surface area contributed by atoms with E-state index < -0.39 is 0 Å². The molecule has 0 aromatic heterocycles. The van der Waals surface area contributed by atoms with Crippen LogP contribution >= 0.6 is 0 Å². The Hall–Kier alpha value is -1.25. The Bertz CT molecular complexity index is 365. The monoisotopic (exact) mass is 208 g/mol. The smallest absolute Gasteiger partial charge is 0.148 e. The number of nitrogens with two attached hydrogens (primary N) is 1. The van der Waals surface area contributed by atoms with Gasteiger partial charge in [0.05, 0.1) is 11.4 Å². The van der Waals surface area contributed by atoms with Gasteiger partial charge in [-0.3, -0.25) is 0 Å². The zero-order chi connectivity index (χ0) is 11.0. The molecule has 0 radical (unpaired) electrons. The molecule has 0 heterocycles. The summed E-state index contributed by atoms with van der Waals surface area (Å²) in [6, 6.07) is 4.96. The van der Waals surface area contributed by atoms with Gasteiger partial charge >= 0.3 is 0 Å². The van der Waals surface area contributed by atoms with Gasteiger partial charge in [-0.1, -0.05) is 13.0 Å². The molecule has 3 heteroatoms. The Morgan fingerprint density at radius 1 is 1.53 bits per heavy atom. The lowest BCUT2D eigenvalue weighted by Crippen LogP contribution is -2.21. The molecule has 0 saturated heterocycles. The molecule has 0 amide bonds. The molecule has 82 valence electrons. The highest BCUT2D eigenvalue weighted by Crippen LogP contribution is 2.39. The molecule has 1 fully saturated rings. The van der Waals surface area contributed by atoms with Crippen LogP contribution in [0, 0.1) is 17.7 Å². The number of rotatable bonds is 3. The SMILES string of the molecule is CC1CC1CN(C)c1cccc(F)c1N. The van der Waals surface area contributed by atoms with Crippen molar-refractivity contribution in [1.82, 2.24) is 0 Å². The summed E-state index contributed by atoms with van der Waals surface area (Å²) in [5, 5.41) is 0. The first kappa shape index (κ1) is 10.3. The second kappa shape index (κ2) is 3.72. The Kier molecular flexibility index (Phi) is 2.55. The number of hydrogen-bond donors (Lipinski definition) is 1. The van der Waals surface area contributed by atoms with Crippen molar-refractivity contribution in [2.75, 3.05) is 24.2 Å². The maximum Gasteiger partial charge on any atom is 0.148 e. The van der Waals surface area contributed by atoms with Gasteiger partial charge < -0.3 is 10.6 Å². The lowest BCUT2D eigenvalue weighted by Gasteiger charge is -2.21. The predicted octanol–water partition coefficient (Wildman–Crippen LogP) is 2.50. The third-order valence-electron chi connectivity index (χ3n) is 3.23. The van der Waals surface area contributed by atoms with Gasteiger partial charge in [0.1, 0.15) is 5.82 Å². The van der Waals surface area contributed by atoms with Gasteiger partial charge in [-0.2, -0.15) is 0 Å². The second-order valence-corrected chi connectivity index (χ2v) is 4.53. The summed E-state index contributed by atoms with van der Waals surface area (Å²) in [5.41, 5.74) is 6.76. The van der Waals surface area contributed by atoms with Crippen molar-refractivity contribution in [1.29, 1.82) is 0 Å². The summed E-state index contributed by atoms with van der Waals surface area (Å²) in [5.74, 6) is 1.23. The van der Waals surface area contributed by atoms with Crippen molar-refractivity contribution in [3.8, 4) is 0 Å². The van der Waals surface area contributed by atoms with Crippen LogP contribution < -0.4 is 10.6 Å². The molecular formula is C12H17FN2. The van der Waals surface area contributed by atoms with Crippen molar-refractivity contribution in [2.45, 2.75) is 13.3 Å². The highest BCUT2D eigenvalue weighted by molar-refractivity contribution is 5.67. The lowest BCUT2D eigenvalue weighted by atomic mass is 10.2. The van der Waals surface area contributed by atoms with Gasteiger partial charge in [0.2, 0.25) is 0 Å². The quantitative estimate of drug-likeness (QED) is 0.773. The minimum absolute atomic E-state index is 0.258. The predicted molar refractivity (Wildman–Crippen MR) is 61.4 cm³/mol. The Balaban J connectivity index is 2.11. The van der Waals surface area contributed by atoms with Gasteiger partial charge in [-0.25, -0.2) is 4.39 Å². The maximum absolute atomic E-state index is 13.2. The van der Waals surface area contributed by atoms with E-state index >= 15 is 0 Å². The van der Waals surface area contributed by atoms with Crippen LogP contribution in [-0.4, -0.2) is 13.6 Å². The summed E-state index contributed by atoms with van der Waals surface area (Å²) in [6.45, 7) is 3.21. The van der Waals surface area contributed by atoms with E-state index in [1.165, 1.54) is 12.5 Å². The molecule has 1 aliphatic rings. The number of nitrogen functional groups attached to an aromatic ring is 1. The number of halogens is 1. The normalized spacial score (nSPS) is 23.9. The second-order valence-electron chi connectivity index (χ2n) is 4.53. The van der Waals surface area contributed by atoms with Crippen LogP contribution in [0.4, 0.5) is 15.8 Å². The molecule has 2 unspecified atom stereocenters. The summed E-state index contributed by atoms with van der Waals surface area (Å²) >= 11 is 0. The fourth-order valence-electron chi connectivity index (χ4n) is 1.96. The topological polar surface area (TPSA) is 29.3 Å². The van der Waals surface area contributed by atoms with Crippen molar-refractivity contribution in [3.05, 3.63) is 24.0 Å². The largest absolute Gasteiger partial charge is 0.395 e. The van der Waals surface area contributed by atoms with Gasteiger partial charge in [0, 0.05) is 13.6 Å². The Morgan fingerprint density at radius 2 is 2.20 bits per heavy atom. The Morgan fingerprint density at radius 3 is 2.80 bits per heavy atom. The standard InChI is InChI=1S/C12H17FN2/c1-8-6-9(8)7-15(2)11-5-3-4-10(13)12(11)14/h3-5,8-9H,6-7,14H2,1-2H3. The molecule has 2 rings (SSSR count). The lowest BCUT2D eigenvalue weighted by molar-refractivity contribution is 0.631. The van der Waals surface area contributed by atoms with Gasteiger partial charge in [0.25, 0.3) is 0 Å². The number of hydrogen-bond acceptors (Lipinski definition) is 2. The molecule has 1 saturated carbocycles. The highest BCUT2D eigenvalue weighted by atomic mass is 19.1. The third kappa shape index (κ3) is 2.06. The minimum Gasteiger partial charge on any atom is -0.395 e. The van der Waals surface area contributed by atoms with E-state index in [-0.39, 0.29) is 11.5 Å². The van der Waals surface area contributed by atoms with Crippen molar-refractivity contribution in [2.24, 2.45) is 11.8 Å². The molecule has 15 heavy (non-hydrogen) atoms. The van der Waals surface area contributed by atoms with E-state index in [4.69, 9.17) is 5.73 Å².